The average Bonchev–Trinajstić information content (AvgIpc) is 2.61. The number of benzene rings is 2. The highest BCUT2D eigenvalue weighted by Crippen LogP contribution is 2.42. The van der Waals surface area contributed by atoms with Gasteiger partial charge in [-0.1, -0.05) is 12.1 Å². The van der Waals surface area contributed by atoms with E-state index in [2.05, 4.69) is 10.6 Å². The Hall–Kier alpha value is -2.34. The summed E-state index contributed by atoms with van der Waals surface area (Å²) >= 11 is 0.531. The van der Waals surface area contributed by atoms with Crippen LogP contribution in [0.3, 0.4) is 0 Å². The van der Waals surface area contributed by atoms with E-state index in [1.54, 1.807) is 0 Å². The molecule has 0 bridgehead atoms. The van der Waals surface area contributed by atoms with Gasteiger partial charge in [0.05, 0.1) is 22.2 Å². The second kappa shape index (κ2) is 8.42. The van der Waals surface area contributed by atoms with E-state index >= 15 is 0 Å². The fourth-order valence-corrected chi connectivity index (χ4v) is 4.33. The third kappa shape index (κ3) is 5.63. The van der Waals surface area contributed by atoms with Gasteiger partial charge in [0.25, 0.3) is 0 Å². The second-order valence-electron chi connectivity index (χ2n) is 6.10. The molecule has 0 saturated heterocycles. The number of hydrogen-bond acceptors (Lipinski definition) is 4. The largest absolute Gasteiger partial charge is 0.446 e. The standard InChI is InChI=1S/C18H12F6N2O2S2/c19-17(20,21)9-5-6-12-11(7-9)26-16(28)14(29-12)8-15(27)25-10-3-1-2-4-13(10)30-18(22,23)24/h1-7,14H,8H2,(H,25,27)(H,26,28). The van der Waals surface area contributed by atoms with Crippen LogP contribution in [0.4, 0.5) is 37.7 Å². The maximum absolute atomic E-state index is 12.8. The van der Waals surface area contributed by atoms with Gasteiger partial charge in [-0.25, -0.2) is 0 Å². The monoisotopic (exact) mass is 466 g/mol. The van der Waals surface area contributed by atoms with Gasteiger partial charge in [-0.05, 0) is 42.1 Å². The number of nitrogens with one attached hydrogen (secondary N) is 2. The van der Waals surface area contributed by atoms with E-state index < -0.39 is 34.3 Å². The van der Waals surface area contributed by atoms with E-state index in [1.807, 2.05) is 0 Å². The Morgan fingerprint density at radius 3 is 2.47 bits per heavy atom. The van der Waals surface area contributed by atoms with Crippen LogP contribution < -0.4 is 10.6 Å². The van der Waals surface area contributed by atoms with Gasteiger partial charge in [-0.15, -0.1) is 11.8 Å². The smallest absolute Gasteiger partial charge is 0.325 e. The van der Waals surface area contributed by atoms with Gasteiger partial charge < -0.3 is 10.6 Å². The van der Waals surface area contributed by atoms with E-state index in [0.29, 0.717) is 4.90 Å². The van der Waals surface area contributed by atoms with Crippen molar-refractivity contribution in [2.75, 3.05) is 10.6 Å². The van der Waals surface area contributed by atoms with Crippen LogP contribution in [-0.4, -0.2) is 22.6 Å². The number of para-hydroxylation sites is 1. The number of carbonyl (C=O) groups excluding carboxylic acids is 2. The van der Waals surface area contributed by atoms with Crippen LogP contribution in [0.1, 0.15) is 12.0 Å². The SMILES string of the molecule is O=C(CC1Sc2ccc(C(F)(F)F)cc2NC1=O)Nc1ccccc1SC(F)(F)F. The van der Waals surface area contributed by atoms with Crippen molar-refractivity contribution in [2.24, 2.45) is 0 Å². The van der Waals surface area contributed by atoms with Crippen molar-refractivity contribution in [3.05, 3.63) is 48.0 Å². The van der Waals surface area contributed by atoms with Gasteiger partial charge in [0.1, 0.15) is 0 Å². The van der Waals surface area contributed by atoms with Gasteiger partial charge >= 0.3 is 11.7 Å². The molecule has 12 heteroatoms. The molecule has 0 spiro atoms. The zero-order valence-electron chi connectivity index (χ0n) is 14.7. The molecule has 2 aromatic rings. The number of thioether (sulfide) groups is 2. The molecular weight excluding hydrogens is 454 g/mol. The zero-order chi connectivity index (χ0) is 22.1. The quantitative estimate of drug-likeness (QED) is 0.445. The lowest BCUT2D eigenvalue weighted by molar-refractivity contribution is -0.137. The minimum atomic E-state index is -4.57. The fourth-order valence-electron chi connectivity index (χ4n) is 2.61. The minimum absolute atomic E-state index is 0.0107. The number of halogens is 6. The predicted molar refractivity (Wildman–Crippen MR) is 101 cm³/mol. The van der Waals surface area contributed by atoms with Gasteiger partial charge in [0, 0.05) is 16.2 Å². The number of alkyl halides is 6. The summed E-state index contributed by atoms with van der Waals surface area (Å²) in [6.07, 6.45) is -4.94. The third-order valence-corrected chi connectivity index (χ3v) is 5.97. The van der Waals surface area contributed by atoms with E-state index in [1.165, 1.54) is 30.3 Å². The van der Waals surface area contributed by atoms with Gasteiger partial charge in [0.15, 0.2) is 0 Å². The van der Waals surface area contributed by atoms with Crippen molar-refractivity contribution in [1.29, 1.82) is 0 Å². The summed E-state index contributed by atoms with van der Waals surface area (Å²) in [6.45, 7) is 0. The molecule has 1 aliphatic rings. The minimum Gasteiger partial charge on any atom is -0.325 e. The van der Waals surface area contributed by atoms with E-state index in [0.717, 1.165) is 23.9 Å². The first-order valence-electron chi connectivity index (χ1n) is 8.26. The number of carbonyl (C=O) groups is 2. The third-order valence-electron chi connectivity index (χ3n) is 3.88. The van der Waals surface area contributed by atoms with Crippen LogP contribution in [0.15, 0.2) is 52.3 Å². The van der Waals surface area contributed by atoms with E-state index in [-0.39, 0.29) is 34.5 Å². The summed E-state index contributed by atoms with van der Waals surface area (Å²) in [4.78, 5) is 24.7. The average molecular weight is 466 g/mol. The molecule has 0 fully saturated rings. The van der Waals surface area contributed by atoms with Gasteiger partial charge in [0.2, 0.25) is 11.8 Å². The Morgan fingerprint density at radius 2 is 1.80 bits per heavy atom. The van der Waals surface area contributed by atoms with Crippen molar-refractivity contribution in [3.63, 3.8) is 0 Å². The van der Waals surface area contributed by atoms with E-state index in [9.17, 15) is 35.9 Å². The lowest BCUT2D eigenvalue weighted by atomic mass is 10.1. The molecule has 30 heavy (non-hydrogen) atoms. The van der Waals surface area contributed by atoms with Crippen molar-refractivity contribution in [3.8, 4) is 0 Å². The Kier molecular flexibility index (Phi) is 6.27. The van der Waals surface area contributed by atoms with Crippen molar-refractivity contribution in [2.45, 2.75) is 33.1 Å². The first kappa shape index (κ1) is 22.3. The molecule has 2 N–H and O–H groups in total. The summed E-state index contributed by atoms with van der Waals surface area (Å²) < 4.78 is 76.4. The lowest BCUT2D eigenvalue weighted by Gasteiger charge is -2.24. The molecule has 1 heterocycles. The molecular formula is C18H12F6N2O2S2. The van der Waals surface area contributed by atoms with Crippen LogP contribution in [0.25, 0.3) is 0 Å². The highest BCUT2D eigenvalue weighted by molar-refractivity contribution is 8.01. The highest BCUT2D eigenvalue weighted by Gasteiger charge is 2.35. The van der Waals surface area contributed by atoms with Crippen LogP contribution >= 0.6 is 23.5 Å². The molecule has 1 unspecified atom stereocenters. The first-order valence-corrected chi connectivity index (χ1v) is 9.95. The summed E-state index contributed by atoms with van der Waals surface area (Å²) in [7, 11) is 0. The fraction of sp³-hybridized carbons (Fsp3) is 0.222. The molecule has 4 nitrogen and oxygen atoms in total. The molecule has 0 radical (unpaired) electrons. The Balaban J connectivity index is 1.69. The van der Waals surface area contributed by atoms with Crippen molar-refractivity contribution >= 4 is 46.7 Å². The summed E-state index contributed by atoms with van der Waals surface area (Å²) in [5.74, 6) is -1.37. The number of amides is 2. The molecule has 2 amide bonds. The predicted octanol–water partition coefficient (Wildman–Crippen LogP) is 5.76. The molecule has 1 aliphatic heterocycles. The topological polar surface area (TPSA) is 58.2 Å². The van der Waals surface area contributed by atoms with Crippen LogP contribution in [0, 0.1) is 0 Å². The maximum Gasteiger partial charge on any atom is 0.446 e. The Morgan fingerprint density at radius 1 is 1.10 bits per heavy atom. The lowest BCUT2D eigenvalue weighted by Crippen LogP contribution is -2.32. The van der Waals surface area contributed by atoms with Crippen molar-refractivity contribution in [1.82, 2.24) is 0 Å². The number of anilines is 2. The number of hydrogen-bond donors (Lipinski definition) is 2. The molecule has 2 aromatic carbocycles. The Labute approximate surface area is 174 Å². The number of rotatable bonds is 4. The van der Waals surface area contributed by atoms with Gasteiger partial charge in [-0.3, -0.25) is 9.59 Å². The maximum atomic E-state index is 12.8. The van der Waals surface area contributed by atoms with Crippen molar-refractivity contribution < 1.29 is 35.9 Å². The van der Waals surface area contributed by atoms with Crippen LogP contribution in [0.5, 0.6) is 0 Å². The second-order valence-corrected chi connectivity index (χ2v) is 8.45. The molecule has 0 aromatic heterocycles. The molecule has 160 valence electrons. The molecule has 3 rings (SSSR count). The highest BCUT2D eigenvalue weighted by atomic mass is 32.2. The van der Waals surface area contributed by atoms with Gasteiger partial charge in [-0.2, -0.15) is 26.3 Å². The number of fused-ring (bicyclic) bond motifs is 1. The van der Waals surface area contributed by atoms with Crippen LogP contribution in [0.2, 0.25) is 0 Å². The summed E-state index contributed by atoms with van der Waals surface area (Å²) in [5.41, 5.74) is -5.53. The first-order chi connectivity index (χ1) is 13.9. The van der Waals surface area contributed by atoms with Crippen LogP contribution in [-0.2, 0) is 15.8 Å². The molecule has 0 aliphatic carbocycles. The normalized spacial score (nSPS) is 16.6. The summed E-state index contributed by atoms with van der Waals surface area (Å²) in [5, 5.41) is 3.75. The summed E-state index contributed by atoms with van der Waals surface area (Å²) in [6, 6.07) is 8.21. The van der Waals surface area contributed by atoms with E-state index in [4.69, 9.17) is 0 Å². The zero-order valence-corrected chi connectivity index (χ0v) is 16.4. The Bertz CT molecular complexity index is 978. The molecule has 1 atom stereocenters. The molecule has 0 saturated carbocycles.